The van der Waals surface area contributed by atoms with Gasteiger partial charge in [0.05, 0.1) is 5.69 Å². The van der Waals surface area contributed by atoms with Crippen molar-refractivity contribution in [2.75, 3.05) is 0 Å². The zero-order chi connectivity index (χ0) is 13.6. The van der Waals surface area contributed by atoms with Crippen LogP contribution in [-0.4, -0.2) is 11.1 Å². The highest BCUT2D eigenvalue weighted by molar-refractivity contribution is 5.79. The van der Waals surface area contributed by atoms with E-state index in [9.17, 15) is 4.79 Å². The molecular weight excluding hydrogens is 228 g/mol. The van der Waals surface area contributed by atoms with Crippen LogP contribution in [0.25, 0.3) is 0 Å². The van der Waals surface area contributed by atoms with Gasteiger partial charge in [-0.05, 0) is 25.2 Å². The van der Waals surface area contributed by atoms with E-state index < -0.39 is 5.41 Å². The molecular formula is C14H20N2O2. The molecule has 0 aliphatic rings. The zero-order valence-electron chi connectivity index (χ0n) is 11.2. The molecule has 0 unspecified atom stereocenters. The summed E-state index contributed by atoms with van der Waals surface area (Å²) in [6, 6.07) is 1.82. The van der Waals surface area contributed by atoms with Crippen molar-refractivity contribution in [1.82, 2.24) is 5.16 Å². The van der Waals surface area contributed by atoms with Crippen LogP contribution in [-0.2, 0) is 11.2 Å². The lowest BCUT2D eigenvalue weighted by Gasteiger charge is -2.18. The first-order chi connectivity index (χ1) is 8.45. The second-order valence-corrected chi connectivity index (χ2v) is 4.98. The quantitative estimate of drug-likeness (QED) is 0.813. The van der Waals surface area contributed by atoms with Crippen LogP contribution in [0, 0.1) is 17.3 Å². The number of nitrogens with two attached hydrogens (primary N) is 1. The average molecular weight is 248 g/mol. The van der Waals surface area contributed by atoms with Crippen molar-refractivity contribution >= 4 is 5.91 Å². The van der Waals surface area contributed by atoms with Gasteiger partial charge in [-0.3, -0.25) is 4.79 Å². The number of rotatable bonds is 5. The second-order valence-electron chi connectivity index (χ2n) is 4.98. The smallest absolute Gasteiger partial charge is 0.223 e. The molecule has 1 rings (SSSR count). The molecule has 18 heavy (non-hydrogen) atoms. The van der Waals surface area contributed by atoms with Crippen molar-refractivity contribution in [3.63, 3.8) is 0 Å². The Bertz CT molecular complexity index is 464. The van der Waals surface area contributed by atoms with Crippen LogP contribution in [0.3, 0.4) is 0 Å². The molecule has 0 saturated heterocycles. The standard InChI is InChI=1S/C14H20N2O2/c1-4-5-6-7-12-10-11(16-18-12)8-9-14(2,3)13(15)17/h10H,4-5,8-9H2,1-3H3,(H2,15,17). The number of hydrogen-bond acceptors (Lipinski definition) is 3. The molecule has 0 saturated carbocycles. The molecule has 1 heterocycles. The van der Waals surface area contributed by atoms with Crippen LogP contribution < -0.4 is 5.73 Å². The first-order valence-electron chi connectivity index (χ1n) is 6.20. The van der Waals surface area contributed by atoms with Crippen molar-refractivity contribution in [2.45, 2.75) is 46.5 Å². The molecule has 0 atom stereocenters. The van der Waals surface area contributed by atoms with E-state index in [1.165, 1.54) is 0 Å². The largest absolute Gasteiger partial charge is 0.369 e. The van der Waals surface area contributed by atoms with Crippen LogP contribution in [0.4, 0.5) is 0 Å². The lowest BCUT2D eigenvalue weighted by Crippen LogP contribution is -2.31. The summed E-state index contributed by atoms with van der Waals surface area (Å²) in [7, 11) is 0. The SMILES string of the molecule is CCCC#Cc1cc(CCC(C)(C)C(N)=O)no1. The van der Waals surface area contributed by atoms with Crippen LogP contribution in [0.15, 0.2) is 10.6 Å². The van der Waals surface area contributed by atoms with E-state index in [2.05, 4.69) is 23.9 Å². The van der Waals surface area contributed by atoms with Crippen molar-refractivity contribution < 1.29 is 9.32 Å². The third kappa shape index (κ3) is 4.25. The first-order valence-corrected chi connectivity index (χ1v) is 6.20. The second kappa shape index (κ2) is 6.25. The van der Waals surface area contributed by atoms with Gasteiger partial charge in [0.1, 0.15) is 0 Å². The number of hydrogen-bond donors (Lipinski definition) is 1. The van der Waals surface area contributed by atoms with E-state index in [-0.39, 0.29) is 5.91 Å². The highest BCUT2D eigenvalue weighted by Crippen LogP contribution is 2.22. The Morgan fingerprint density at radius 3 is 2.89 bits per heavy atom. The van der Waals surface area contributed by atoms with E-state index in [4.69, 9.17) is 10.3 Å². The number of nitrogens with zero attached hydrogens (tertiary/aromatic N) is 1. The van der Waals surface area contributed by atoms with Crippen LogP contribution in [0.1, 0.15) is 51.5 Å². The Labute approximate surface area is 108 Å². The summed E-state index contributed by atoms with van der Waals surface area (Å²) in [6.45, 7) is 5.74. The maximum atomic E-state index is 11.2. The summed E-state index contributed by atoms with van der Waals surface area (Å²) in [5.74, 6) is 6.19. The summed E-state index contributed by atoms with van der Waals surface area (Å²) in [5.41, 5.74) is 5.60. The van der Waals surface area contributed by atoms with Gasteiger partial charge < -0.3 is 10.3 Å². The van der Waals surface area contributed by atoms with Crippen molar-refractivity contribution in [1.29, 1.82) is 0 Å². The molecule has 4 nitrogen and oxygen atoms in total. The number of unbranched alkanes of at least 4 members (excludes halogenated alkanes) is 1. The molecule has 0 aliphatic carbocycles. The third-order valence-electron chi connectivity index (χ3n) is 2.82. The van der Waals surface area contributed by atoms with Crippen LogP contribution >= 0.6 is 0 Å². The normalized spacial score (nSPS) is 10.8. The van der Waals surface area contributed by atoms with E-state index in [1.54, 1.807) is 0 Å². The minimum absolute atomic E-state index is 0.297. The number of aromatic nitrogens is 1. The van der Waals surface area contributed by atoms with E-state index in [0.717, 1.165) is 18.5 Å². The number of aryl methyl sites for hydroxylation is 1. The lowest BCUT2D eigenvalue weighted by atomic mass is 9.86. The van der Waals surface area contributed by atoms with E-state index >= 15 is 0 Å². The average Bonchev–Trinajstić information content (AvgIpc) is 2.75. The van der Waals surface area contributed by atoms with E-state index in [0.29, 0.717) is 18.6 Å². The molecule has 0 bridgehead atoms. The van der Waals surface area contributed by atoms with Crippen LogP contribution in [0.5, 0.6) is 0 Å². The molecule has 2 N–H and O–H groups in total. The molecule has 0 fully saturated rings. The maximum Gasteiger partial charge on any atom is 0.223 e. The Hall–Kier alpha value is -1.76. The molecule has 1 aromatic heterocycles. The van der Waals surface area contributed by atoms with Crippen LogP contribution in [0.2, 0.25) is 0 Å². The first kappa shape index (κ1) is 14.3. The van der Waals surface area contributed by atoms with Crippen molar-refractivity contribution in [3.05, 3.63) is 17.5 Å². The highest BCUT2D eigenvalue weighted by atomic mass is 16.5. The van der Waals surface area contributed by atoms with Gasteiger partial charge in [0, 0.05) is 17.9 Å². The summed E-state index contributed by atoms with van der Waals surface area (Å²) in [4.78, 5) is 11.2. The van der Waals surface area contributed by atoms with Crippen molar-refractivity contribution in [2.24, 2.45) is 11.1 Å². The van der Waals surface area contributed by atoms with Gasteiger partial charge in [0.2, 0.25) is 11.7 Å². The fourth-order valence-corrected chi connectivity index (χ4v) is 1.33. The predicted molar refractivity (Wildman–Crippen MR) is 69.6 cm³/mol. The molecule has 1 aromatic rings. The Morgan fingerprint density at radius 2 is 2.28 bits per heavy atom. The number of primary amides is 1. The summed E-state index contributed by atoms with van der Waals surface area (Å²) < 4.78 is 5.10. The Kier molecular flexibility index (Phi) is 4.96. The highest BCUT2D eigenvalue weighted by Gasteiger charge is 2.24. The molecule has 4 heteroatoms. The maximum absolute atomic E-state index is 11.2. The number of carbonyl (C=O) groups excluding carboxylic acids is 1. The molecule has 1 amide bonds. The fraction of sp³-hybridized carbons (Fsp3) is 0.571. The Balaban J connectivity index is 2.55. The molecule has 0 aromatic carbocycles. The minimum atomic E-state index is -0.521. The monoisotopic (exact) mass is 248 g/mol. The van der Waals surface area contributed by atoms with Gasteiger partial charge in [-0.2, -0.15) is 0 Å². The Morgan fingerprint density at radius 1 is 1.56 bits per heavy atom. The van der Waals surface area contributed by atoms with Gasteiger partial charge in [-0.15, -0.1) is 0 Å². The van der Waals surface area contributed by atoms with Gasteiger partial charge in [-0.1, -0.05) is 31.8 Å². The van der Waals surface area contributed by atoms with Gasteiger partial charge in [0.15, 0.2) is 0 Å². The summed E-state index contributed by atoms with van der Waals surface area (Å²) >= 11 is 0. The van der Waals surface area contributed by atoms with E-state index in [1.807, 2.05) is 19.9 Å². The molecule has 0 spiro atoms. The van der Waals surface area contributed by atoms with Gasteiger partial charge in [-0.25, -0.2) is 0 Å². The van der Waals surface area contributed by atoms with Gasteiger partial charge in [0.25, 0.3) is 0 Å². The molecule has 0 radical (unpaired) electrons. The predicted octanol–water partition coefficient (Wildman–Crippen LogP) is 2.27. The van der Waals surface area contributed by atoms with Gasteiger partial charge >= 0.3 is 0 Å². The summed E-state index contributed by atoms with van der Waals surface area (Å²) in [5, 5.41) is 3.93. The topological polar surface area (TPSA) is 69.1 Å². The lowest BCUT2D eigenvalue weighted by molar-refractivity contribution is -0.126. The number of carbonyl (C=O) groups is 1. The fourth-order valence-electron chi connectivity index (χ4n) is 1.33. The zero-order valence-corrected chi connectivity index (χ0v) is 11.2. The third-order valence-corrected chi connectivity index (χ3v) is 2.82. The van der Waals surface area contributed by atoms with Crippen molar-refractivity contribution in [3.8, 4) is 11.8 Å². The minimum Gasteiger partial charge on any atom is -0.369 e. The molecule has 98 valence electrons. The molecule has 0 aliphatic heterocycles. The summed E-state index contributed by atoms with van der Waals surface area (Å²) in [6.07, 6.45) is 3.19. The number of amides is 1.